The molecule has 0 bridgehead atoms. The van der Waals surface area contributed by atoms with Gasteiger partial charge in [-0.25, -0.2) is 14.3 Å². The monoisotopic (exact) mass is 359 g/mol. The van der Waals surface area contributed by atoms with Crippen molar-refractivity contribution >= 4 is 17.1 Å². The highest BCUT2D eigenvalue weighted by Gasteiger charge is 2.24. The average Bonchev–Trinajstić information content (AvgIpc) is 2.96. The summed E-state index contributed by atoms with van der Waals surface area (Å²) in [7, 11) is 0. The second-order valence-corrected chi connectivity index (χ2v) is 8.21. The molecule has 1 fully saturated rings. The normalized spacial score (nSPS) is 16.2. The number of ether oxygens (including phenoxy) is 1. The lowest BCUT2D eigenvalue weighted by Crippen LogP contribution is -2.28. The summed E-state index contributed by atoms with van der Waals surface area (Å²) in [6.07, 6.45) is 8.00. The Morgan fingerprint density at radius 2 is 1.96 bits per heavy atom. The first kappa shape index (κ1) is 18.7. The zero-order valence-corrected chi connectivity index (χ0v) is 16.2. The summed E-state index contributed by atoms with van der Waals surface area (Å²) in [6, 6.07) is 1.82. The SMILES string of the molecule is CCc1nc2c(=O)n(CC3CCCCC3)ccc2n1C(=O)OC(C)(C)C. The van der Waals surface area contributed by atoms with Crippen LogP contribution in [0.15, 0.2) is 17.1 Å². The first-order chi connectivity index (χ1) is 12.3. The molecule has 0 unspecified atom stereocenters. The van der Waals surface area contributed by atoms with Gasteiger partial charge in [-0.3, -0.25) is 4.79 Å². The fraction of sp³-hybridized carbons (Fsp3) is 0.650. The van der Waals surface area contributed by atoms with E-state index in [-0.39, 0.29) is 5.56 Å². The zero-order valence-electron chi connectivity index (χ0n) is 16.2. The highest BCUT2D eigenvalue weighted by molar-refractivity contribution is 5.87. The van der Waals surface area contributed by atoms with Gasteiger partial charge in [0.05, 0.1) is 5.52 Å². The number of imidazole rings is 1. The predicted molar refractivity (Wildman–Crippen MR) is 102 cm³/mol. The molecule has 0 amide bonds. The van der Waals surface area contributed by atoms with Gasteiger partial charge in [0.2, 0.25) is 0 Å². The van der Waals surface area contributed by atoms with Gasteiger partial charge in [0.15, 0.2) is 5.52 Å². The molecule has 0 aromatic carbocycles. The maximum Gasteiger partial charge on any atom is 0.420 e. The molecule has 6 heteroatoms. The summed E-state index contributed by atoms with van der Waals surface area (Å²) < 4.78 is 8.69. The third kappa shape index (κ3) is 3.84. The van der Waals surface area contributed by atoms with Crippen LogP contribution in [0, 0.1) is 5.92 Å². The second kappa shape index (κ2) is 7.25. The molecule has 2 aromatic heterocycles. The van der Waals surface area contributed by atoms with Gasteiger partial charge in [0, 0.05) is 19.2 Å². The third-order valence-electron chi connectivity index (χ3n) is 4.93. The van der Waals surface area contributed by atoms with Gasteiger partial charge >= 0.3 is 6.09 Å². The number of aromatic nitrogens is 3. The van der Waals surface area contributed by atoms with Crippen LogP contribution < -0.4 is 5.56 Å². The molecule has 0 saturated heterocycles. The molecule has 1 aliphatic rings. The van der Waals surface area contributed by atoms with Gasteiger partial charge in [-0.05, 0) is 45.6 Å². The first-order valence-corrected chi connectivity index (χ1v) is 9.64. The fourth-order valence-electron chi connectivity index (χ4n) is 3.70. The number of rotatable bonds is 3. The molecule has 0 atom stereocenters. The van der Waals surface area contributed by atoms with Crippen LogP contribution in [0.4, 0.5) is 4.79 Å². The fourth-order valence-corrected chi connectivity index (χ4v) is 3.70. The van der Waals surface area contributed by atoms with E-state index in [0.29, 0.717) is 29.2 Å². The van der Waals surface area contributed by atoms with Crippen molar-refractivity contribution in [3.8, 4) is 0 Å². The lowest BCUT2D eigenvalue weighted by molar-refractivity contribution is 0.0539. The number of carbonyl (C=O) groups is 1. The van der Waals surface area contributed by atoms with E-state index in [0.717, 1.165) is 6.54 Å². The highest BCUT2D eigenvalue weighted by Crippen LogP contribution is 2.25. The van der Waals surface area contributed by atoms with E-state index in [2.05, 4.69) is 4.98 Å². The van der Waals surface area contributed by atoms with Crippen LogP contribution in [-0.4, -0.2) is 25.8 Å². The Kier molecular flexibility index (Phi) is 5.21. The summed E-state index contributed by atoms with van der Waals surface area (Å²) in [6.45, 7) is 8.13. The van der Waals surface area contributed by atoms with Gasteiger partial charge in [0.25, 0.3) is 5.56 Å². The van der Waals surface area contributed by atoms with E-state index in [9.17, 15) is 9.59 Å². The third-order valence-corrected chi connectivity index (χ3v) is 4.93. The number of hydrogen-bond acceptors (Lipinski definition) is 4. The molecule has 2 heterocycles. The summed E-state index contributed by atoms with van der Waals surface area (Å²) in [4.78, 5) is 30.0. The molecule has 0 aliphatic heterocycles. The number of pyridine rings is 1. The van der Waals surface area contributed by atoms with Crippen molar-refractivity contribution in [3.63, 3.8) is 0 Å². The average molecular weight is 359 g/mol. The van der Waals surface area contributed by atoms with Gasteiger partial charge in [-0.15, -0.1) is 0 Å². The van der Waals surface area contributed by atoms with E-state index >= 15 is 0 Å². The van der Waals surface area contributed by atoms with Gasteiger partial charge in [-0.1, -0.05) is 26.2 Å². The Morgan fingerprint density at radius 3 is 2.58 bits per heavy atom. The summed E-state index contributed by atoms with van der Waals surface area (Å²) in [5.74, 6) is 1.11. The van der Waals surface area contributed by atoms with E-state index in [4.69, 9.17) is 4.74 Å². The van der Waals surface area contributed by atoms with E-state index in [1.807, 2.05) is 33.8 Å². The van der Waals surface area contributed by atoms with Crippen molar-refractivity contribution in [1.29, 1.82) is 0 Å². The van der Waals surface area contributed by atoms with E-state index in [1.54, 1.807) is 10.8 Å². The molecule has 1 aliphatic carbocycles. The minimum absolute atomic E-state index is 0.120. The predicted octanol–water partition coefficient (Wildman–Crippen LogP) is 4.12. The second-order valence-electron chi connectivity index (χ2n) is 8.21. The first-order valence-electron chi connectivity index (χ1n) is 9.64. The quantitative estimate of drug-likeness (QED) is 0.827. The van der Waals surface area contributed by atoms with Crippen molar-refractivity contribution in [3.05, 3.63) is 28.4 Å². The standard InChI is InChI=1S/C20H29N3O3/c1-5-16-21-17-15(23(16)19(25)26-20(2,3)4)11-12-22(18(17)24)13-14-9-7-6-8-10-14/h11-12,14H,5-10,13H2,1-4H3. The Bertz CT molecular complexity index is 852. The van der Waals surface area contributed by atoms with Crippen molar-refractivity contribution in [1.82, 2.24) is 14.1 Å². The summed E-state index contributed by atoms with van der Waals surface area (Å²) in [5, 5.41) is 0. The molecular weight excluding hydrogens is 330 g/mol. The minimum atomic E-state index is -0.603. The van der Waals surface area contributed by atoms with Crippen LogP contribution in [-0.2, 0) is 17.7 Å². The Hall–Kier alpha value is -2.11. The number of nitrogens with zero attached hydrogens (tertiary/aromatic N) is 3. The molecule has 0 radical (unpaired) electrons. The molecule has 1 saturated carbocycles. The number of carbonyl (C=O) groups excluding carboxylic acids is 1. The van der Waals surface area contributed by atoms with E-state index in [1.165, 1.54) is 36.7 Å². The van der Waals surface area contributed by atoms with Crippen molar-refractivity contribution < 1.29 is 9.53 Å². The molecule has 2 aromatic rings. The van der Waals surface area contributed by atoms with Crippen LogP contribution in [0.5, 0.6) is 0 Å². The maximum absolute atomic E-state index is 12.9. The van der Waals surface area contributed by atoms with E-state index < -0.39 is 11.7 Å². The van der Waals surface area contributed by atoms with Crippen molar-refractivity contribution in [2.45, 2.75) is 78.4 Å². The maximum atomic E-state index is 12.9. The lowest BCUT2D eigenvalue weighted by atomic mass is 9.89. The van der Waals surface area contributed by atoms with Crippen molar-refractivity contribution in [2.75, 3.05) is 0 Å². The number of aryl methyl sites for hydroxylation is 1. The summed E-state index contributed by atoms with van der Waals surface area (Å²) >= 11 is 0. The van der Waals surface area contributed by atoms with Crippen LogP contribution in [0.1, 0.15) is 65.6 Å². The lowest BCUT2D eigenvalue weighted by Gasteiger charge is -2.22. The van der Waals surface area contributed by atoms with Gasteiger partial charge in [-0.2, -0.15) is 0 Å². The largest absolute Gasteiger partial charge is 0.443 e. The van der Waals surface area contributed by atoms with Crippen LogP contribution >= 0.6 is 0 Å². The van der Waals surface area contributed by atoms with Crippen LogP contribution in [0.2, 0.25) is 0 Å². The Morgan fingerprint density at radius 1 is 1.27 bits per heavy atom. The van der Waals surface area contributed by atoms with Crippen molar-refractivity contribution in [2.24, 2.45) is 5.92 Å². The molecule has 142 valence electrons. The number of hydrogen-bond donors (Lipinski definition) is 0. The molecule has 6 nitrogen and oxygen atoms in total. The summed E-state index contributed by atoms with van der Waals surface area (Å²) in [5.41, 5.74) is 0.159. The van der Waals surface area contributed by atoms with Gasteiger partial charge in [0.1, 0.15) is 11.4 Å². The smallest absolute Gasteiger partial charge is 0.420 e. The number of fused-ring (bicyclic) bond motifs is 1. The van der Waals surface area contributed by atoms with Crippen LogP contribution in [0.25, 0.3) is 11.0 Å². The zero-order chi connectivity index (χ0) is 18.9. The Balaban J connectivity index is 1.99. The molecular formula is C20H29N3O3. The molecule has 26 heavy (non-hydrogen) atoms. The Labute approximate surface area is 154 Å². The highest BCUT2D eigenvalue weighted by atomic mass is 16.6. The molecule has 0 N–H and O–H groups in total. The molecule has 3 rings (SSSR count). The van der Waals surface area contributed by atoms with Crippen LogP contribution in [0.3, 0.4) is 0 Å². The topological polar surface area (TPSA) is 66.1 Å². The minimum Gasteiger partial charge on any atom is -0.443 e. The van der Waals surface area contributed by atoms with Gasteiger partial charge < -0.3 is 9.30 Å². The molecule has 0 spiro atoms.